The second-order valence-corrected chi connectivity index (χ2v) is 8.18. The normalized spacial score (nSPS) is 16.7. The molecule has 2 saturated carbocycles. The van der Waals surface area contributed by atoms with Crippen LogP contribution in [0.15, 0.2) is 23.6 Å². The first-order chi connectivity index (χ1) is 12.1. The number of hydrogen-bond donors (Lipinski definition) is 0. The molecule has 2 fully saturated rings. The zero-order valence-electron chi connectivity index (χ0n) is 14.8. The van der Waals surface area contributed by atoms with Crippen molar-refractivity contribution in [1.29, 1.82) is 0 Å². The van der Waals surface area contributed by atoms with Gasteiger partial charge in [0.1, 0.15) is 17.4 Å². The van der Waals surface area contributed by atoms with Crippen LogP contribution in [0.1, 0.15) is 47.5 Å². The Morgan fingerprint density at radius 2 is 2.04 bits per heavy atom. The molecule has 25 heavy (non-hydrogen) atoms. The summed E-state index contributed by atoms with van der Waals surface area (Å²) in [5.74, 6) is 1.50. The molecule has 0 radical (unpaired) electrons. The second kappa shape index (κ2) is 6.79. The van der Waals surface area contributed by atoms with Gasteiger partial charge in [0.2, 0.25) is 5.91 Å². The van der Waals surface area contributed by atoms with Crippen molar-refractivity contribution in [3.8, 4) is 5.75 Å². The fourth-order valence-corrected chi connectivity index (χ4v) is 3.65. The van der Waals surface area contributed by atoms with Crippen molar-refractivity contribution in [1.82, 2.24) is 9.88 Å². The minimum atomic E-state index is 0.284. The summed E-state index contributed by atoms with van der Waals surface area (Å²) in [4.78, 5) is 19.2. The highest BCUT2D eigenvalue weighted by atomic mass is 32.1. The van der Waals surface area contributed by atoms with Crippen molar-refractivity contribution in [2.24, 2.45) is 5.92 Å². The zero-order chi connectivity index (χ0) is 17.4. The summed E-state index contributed by atoms with van der Waals surface area (Å²) >= 11 is 1.61. The fourth-order valence-electron chi connectivity index (χ4n) is 2.95. The smallest absolute Gasteiger partial charge is 0.226 e. The van der Waals surface area contributed by atoms with Gasteiger partial charge in [-0.15, -0.1) is 11.3 Å². The Kier molecular flexibility index (Phi) is 4.50. The van der Waals surface area contributed by atoms with Gasteiger partial charge in [-0.1, -0.05) is 6.07 Å². The number of amides is 1. The summed E-state index contributed by atoms with van der Waals surface area (Å²) < 4.78 is 5.87. The molecule has 1 aromatic heterocycles. The number of aromatic nitrogens is 1. The average Bonchev–Trinajstić information content (AvgIpc) is 3.51. The predicted molar refractivity (Wildman–Crippen MR) is 98.7 cm³/mol. The van der Waals surface area contributed by atoms with E-state index in [9.17, 15) is 4.79 Å². The molecule has 132 valence electrons. The molecule has 4 nitrogen and oxygen atoms in total. The molecule has 0 N–H and O–H groups in total. The third kappa shape index (κ3) is 4.03. The Balaban J connectivity index is 1.36. The van der Waals surface area contributed by atoms with Gasteiger partial charge in [-0.2, -0.15) is 0 Å². The Morgan fingerprint density at radius 1 is 1.24 bits per heavy atom. The second-order valence-electron chi connectivity index (χ2n) is 7.24. The molecular weight excluding hydrogens is 332 g/mol. The van der Waals surface area contributed by atoms with Gasteiger partial charge >= 0.3 is 0 Å². The van der Waals surface area contributed by atoms with Crippen molar-refractivity contribution in [2.75, 3.05) is 0 Å². The Morgan fingerprint density at radius 3 is 2.72 bits per heavy atom. The standard InChI is InChI=1S/C20H24N2O2S/c1-13-3-8-18(9-14(13)2)24-11-19-21-16(12-25-19)10-22(17-6-7-17)20(23)15-4-5-15/h3,8-9,12,15,17H,4-7,10-11H2,1-2H3. The molecule has 0 atom stereocenters. The third-order valence-electron chi connectivity index (χ3n) is 4.97. The summed E-state index contributed by atoms with van der Waals surface area (Å²) in [6, 6.07) is 6.59. The van der Waals surface area contributed by atoms with E-state index in [1.165, 1.54) is 11.1 Å². The fraction of sp³-hybridized carbons (Fsp3) is 0.500. The molecule has 2 aliphatic rings. The maximum absolute atomic E-state index is 12.4. The molecule has 0 bridgehead atoms. The summed E-state index contributed by atoms with van der Waals surface area (Å²) in [6.07, 6.45) is 4.42. The number of nitrogens with zero attached hydrogens (tertiary/aromatic N) is 2. The summed E-state index contributed by atoms with van der Waals surface area (Å²) in [5, 5.41) is 3.03. The summed E-state index contributed by atoms with van der Waals surface area (Å²) in [6.45, 7) is 5.32. The van der Waals surface area contributed by atoms with Gasteiger partial charge in [0.05, 0.1) is 12.2 Å². The number of hydrogen-bond acceptors (Lipinski definition) is 4. The number of carbonyl (C=O) groups excluding carboxylic acids is 1. The highest BCUT2D eigenvalue weighted by Gasteiger charge is 2.40. The number of thiazole rings is 1. The quantitative estimate of drug-likeness (QED) is 0.745. The zero-order valence-corrected chi connectivity index (χ0v) is 15.6. The first-order valence-electron chi connectivity index (χ1n) is 9.04. The van der Waals surface area contributed by atoms with E-state index < -0.39 is 0 Å². The number of benzene rings is 1. The molecule has 0 spiro atoms. The first kappa shape index (κ1) is 16.6. The largest absolute Gasteiger partial charge is 0.486 e. The molecule has 4 rings (SSSR count). The predicted octanol–water partition coefficient (Wildman–Crippen LogP) is 4.24. The number of ether oxygens (including phenoxy) is 1. The van der Waals surface area contributed by atoms with E-state index in [2.05, 4.69) is 41.2 Å². The van der Waals surface area contributed by atoms with E-state index in [0.717, 1.165) is 42.1 Å². The van der Waals surface area contributed by atoms with Crippen LogP contribution < -0.4 is 4.74 Å². The monoisotopic (exact) mass is 356 g/mol. The van der Waals surface area contributed by atoms with Gasteiger partial charge in [-0.3, -0.25) is 4.79 Å². The Hall–Kier alpha value is -1.88. The topological polar surface area (TPSA) is 42.4 Å². The molecule has 1 aromatic carbocycles. The van der Waals surface area contributed by atoms with Crippen molar-refractivity contribution < 1.29 is 9.53 Å². The van der Waals surface area contributed by atoms with Crippen LogP contribution in [-0.4, -0.2) is 21.8 Å². The Bertz CT molecular complexity index is 778. The molecule has 2 aromatic rings. The van der Waals surface area contributed by atoms with E-state index in [0.29, 0.717) is 25.1 Å². The van der Waals surface area contributed by atoms with Crippen LogP contribution in [0.2, 0.25) is 0 Å². The maximum atomic E-state index is 12.4. The minimum Gasteiger partial charge on any atom is -0.486 e. The number of rotatable bonds is 7. The van der Waals surface area contributed by atoms with Gasteiger partial charge in [0, 0.05) is 17.3 Å². The molecule has 1 amide bonds. The van der Waals surface area contributed by atoms with Crippen LogP contribution in [0.4, 0.5) is 0 Å². The molecule has 5 heteroatoms. The molecular formula is C20H24N2O2S. The van der Waals surface area contributed by atoms with Gasteiger partial charge in [-0.25, -0.2) is 4.98 Å². The summed E-state index contributed by atoms with van der Waals surface area (Å²) in [7, 11) is 0. The van der Waals surface area contributed by atoms with Crippen molar-refractivity contribution in [3.63, 3.8) is 0 Å². The molecule has 0 saturated heterocycles. The highest BCUT2D eigenvalue weighted by molar-refractivity contribution is 7.09. The van der Waals surface area contributed by atoms with Crippen molar-refractivity contribution in [2.45, 2.75) is 58.7 Å². The average molecular weight is 356 g/mol. The minimum absolute atomic E-state index is 0.284. The van der Waals surface area contributed by atoms with Crippen LogP contribution in [0.25, 0.3) is 0 Å². The lowest BCUT2D eigenvalue weighted by atomic mass is 10.1. The number of carbonyl (C=O) groups is 1. The van der Waals surface area contributed by atoms with Gasteiger partial charge in [0.15, 0.2) is 0 Å². The van der Waals surface area contributed by atoms with Crippen molar-refractivity contribution >= 4 is 17.2 Å². The van der Waals surface area contributed by atoms with Crippen LogP contribution in [0.5, 0.6) is 5.75 Å². The SMILES string of the molecule is Cc1ccc(OCc2nc(CN(C(=O)C3CC3)C3CC3)cs2)cc1C. The first-order valence-corrected chi connectivity index (χ1v) is 9.92. The molecule has 1 heterocycles. The highest BCUT2D eigenvalue weighted by Crippen LogP contribution is 2.36. The molecule has 0 unspecified atom stereocenters. The van der Waals surface area contributed by atoms with Crippen molar-refractivity contribution in [3.05, 3.63) is 45.4 Å². The lowest BCUT2D eigenvalue weighted by molar-refractivity contribution is -0.133. The lowest BCUT2D eigenvalue weighted by Crippen LogP contribution is -2.33. The number of aryl methyl sites for hydroxylation is 2. The van der Waals surface area contributed by atoms with Crippen LogP contribution in [0.3, 0.4) is 0 Å². The van der Waals surface area contributed by atoms with Gasteiger partial charge in [0.25, 0.3) is 0 Å². The Labute approximate surface area is 152 Å². The maximum Gasteiger partial charge on any atom is 0.226 e. The van der Waals surface area contributed by atoms with Crippen LogP contribution >= 0.6 is 11.3 Å². The van der Waals surface area contributed by atoms with Gasteiger partial charge < -0.3 is 9.64 Å². The third-order valence-corrected chi connectivity index (χ3v) is 5.84. The van der Waals surface area contributed by atoms with Gasteiger partial charge in [-0.05, 0) is 62.8 Å². The lowest BCUT2D eigenvalue weighted by Gasteiger charge is -2.21. The van der Waals surface area contributed by atoms with Crippen LogP contribution in [0, 0.1) is 19.8 Å². The van der Waals surface area contributed by atoms with E-state index >= 15 is 0 Å². The van der Waals surface area contributed by atoms with E-state index in [1.54, 1.807) is 11.3 Å². The van der Waals surface area contributed by atoms with Crippen LogP contribution in [-0.2, 0) is 17.9 Å². The molecule has 0 aliphatic heterocycles. The van der Waals surface area contributed by atoms with E-state index in [-0.39, 0.29) is 5.92 Å². The summed E-state index contributed by atoms with van der Waals surface area (Å²) in [5.41, 5.74) is 3.49. The molecule has 2 aliphatic carbocycles. The van der Waals surface area contributed by atoms with E-state index in [4.69, 9.17) is 4.74 Å². The van der Waals surface area contributed by atoms with E-state index in [1.807, 2.05) is 6.07 Å².